The van der Waals surface area contributed by atoms with Crippen LogP contribution >= 0.6 is 11.6 Å². The van der Waals surface area contributed by atoms with Gasteiger partial charge < -0.3 is 9.68 Å². The molecule has 6 nitrogen and oxygen atoms in total. The van der Waals surface area contributed by atoms with E-state index < -0.39 is 6.09 Å². The lowest BCUT2D eigenvalue weighted by atomic mass is 9.86. The molecule has 2 heterocycles. The summed E-state index contributed by atoms with van der Waals surface area (Å²) in [5.74, 6) is 0. The molecule has 4 rings (SSSR count). The first-order chi connectivity index (χ1) is 13.5. The second-order valence-corrected chi connectivity index (χ2v) is 7.73. The maximum atomic E-state index is 12.1. The molecule has 2 aromatic carbocycles. The molecule has 1 fully saturated rings. The van der Waals surface area contributed by atoms with E-state index in [0.29, 0.717) is 23.8 Å². The summed E-state index contributed by atoms with van der Waals surface area (Å²) in [5.41, 5.74) is 3.64. The molecule has 0 aliphatic carbocycles. The van der Waals surface area contributed by atoms with Crippen LogP contribution < -0.4 is 5.32 Å². The molecule has 1 N–H and O–H groups in total. The lowest BCUT2D eigenvalue weighted by Gasteiger charge is -2.35. The molecule has 146 valence electrons. The fourth-order valence-corrected chi connectivity index (χ4v) is 3.59. The van der Waals surface area contributed by atoms with E-state index in [1.165, 1.54) is 5.56 Å². The van der Waals surface area contributed by atoms with E-state index in [4.69, 9.17) is 21.3 Å². The molecule has 0 saturated carbocycles. The van der Waals surface area contributed by atoms with E-state index in [9.17, 15) is 4.79 Å². The molecule has 1 spiro atoms. The Bertz CT molecular complexity index is 873. The van der Waals surface area contributed by atoms with E-state index >= 15 is 0 Å². The maximum absolute atomic E-state index is 12.1. The van der Waals surface area contributed by atoms with Crippen molar-refractivity contribution in [3.8, 4) is 0 Å². The van der Waals surface area contributed by atoms with Crippen molar-refractivity contribution in [2.24, 2.45) is 5.16 Å². The van der Waals surface area contributed by atoms with Crippen LogP contribution in [0.2, 0.25) is 5.02 Å². The standard InChI is InChI=1S/C21H22ClN3O3/c1-15-2-4-16(5-3-15)19-14-21(28-24-19)10-12-25(13-11-21)27-20(26)23-18-8-6-17(22)7-9-18/h2-9H,10-14H2,1H3,(H,23,26). The Morgan fingerprint density at radius 3 is 2.50 bits per heavy atom. The summed E-state index contributed by atoms with van der Waals surface area (Å²) in [6, 6.07) is 15.2. The number of aryl methyl sites for hydroxylation is 1. The fourth-order valence-electron chi connectivity index (χ4n) is 3.47. The first-order valence-electron chi connectivity index (χ1n) is 9.33. The smallest absolute Gasteiger partial charge is 0.388 e. The molecule has 0 atom stereocenters. The first kappa shape index (κ1) is 18.8. The number of nitrogens with one attached hydrogen (secondary N) is 1. The second kappa shape index (κ2) is 7.81. The summed E-state index contributed by atoms with van der Waals surface area (Å²) in [6.07, 6.45) is 1.77. The van der Waals surface area contributed by atoms with E-state index in [-0.39, 0.29) is 5.60 Å². The topological polar surface area (TPSA) is 63.2 Å². The summed E-state index contributed by atoms with van der Waals surface area (Å²) in [5, 5.41) is 9.31. The van der Waals surface area contributed by atoms with Crippen LogP contribution in [0.25, 0.3) is 0 Å². The molecular weight excluding hydrogens is 378 g/mol. The van der Waals surface area contributed by atoms with Crippen LogP contribution in [0.15, 0.2) is 53.7 Å². The van der Waals surface area contributed by atoms with Gasteiger partial charge in [-0.15, -0.1) is 5.06 Å². The molecule has 2 aliphatic heterocycles. The number of rotatable bonds is 3. The van der Waals surface area contributed by atoms with Crippen LogP contribution in [0, 0.1) is 6.92 Å². The summed E-state index contributed by atoms with van der Waals surface area (Å²) in [7, 11) is 0. The largest absolute Gasteiger partial charge is 0.430 e. The van der Waals surface area contributed by atoms with Gasteiger partial charge in [-0.1, -0.05) is 46.6 Å². The van der Waals surface area contributed by atoms with Crippen molar-refractivity contribution >= 4 is 29.1 Å². The minimum absolute atomic E-state index is 0.299. The van der Waals surface area contributed by atoms with Crippen molar-refractivity contribution in [3.05, 3.63) is 64.7 Å². The van der Waals surface area contributed by atoms with Gasteiger partial charge in [-0.3, -0.25) is 5.32 Å². The van der Waals surface area contributed by atoms with Crippen molar-refractivity contribution in [1.82, 2.24) is 5.06 Å². The zero-order valence-corrected chi connectivity index (χ0v) is 16.4. The van der Waals surface area contributed by atoms with Gasteiger partial charge in [-0.05, 0) is 36.8 Å². The maximum Gasteiger partial charge on any atom is 0.430 e. The molecule has 2 aliphatic rings. The van der Waals surface area contributed by atoms with Gasteiger partial charge in [0, 0.05) is 43.1 Å². The summed E-state index contributed by atoms with van der Waals surface area (Å²) < 4.78 is 0. The van der Waals surface area contributed by atoms with Gasteiger partial charge in [0.25, 0.3) is 0 Å². The summed E-state index contributed by atoms with van der Waals surface area (Å²) in [4.78, 5) is 23.3. The molecule has 1 saturated heterocycles. The first-order valence-corrected chi connectivity index (χ1v) is 9.71. The third-order valence-electron chi connectivity index (χ3n) is 5.16. The number of carbonyl (C=O) groups excluding carboxylic acids is 1. The highest BCUT2D eigenvalue weighted by Crippen LogP contribution is 2.36. The molecule has 28 heavy (non-hydrogen) atoms. The van der Waals surface area contributed by atoms with Gasteiger partial charge in [0.15, 0.2) is 0 Å². The minimum atomic E-state index is -0.512. The number of oxime groups is 1. The van der Waals surface area contributed by atoms with E-state index in [2.05, 4.69) is 41.7 Å². The Morgan fingerprint density at radius 2 is 1.82 bits per heavy atom. The van der Waals surface area contributed by atoms with Gasteiger partial charge in [-0.2, -0.15) is 0 Å². The SMILES string of the molecule is Cc1ccc(C2=NOC3(CCN(OC(=O)Nc4ccc(Cl)cc4)CC3)C2)cc1. The predicted molar refractivity (Wildman–Crippen MR) is 109 cm³/mol. The average molecular weight is 400 g/mol. The Morgan fingerprint density at radius 1 is 1.14 bits per heavy atom. The zero-order chi connectivity index (χ0) is 19.6. The highest BCUT2D eigenvalue weighted by atomic mass is 35.5. The zero-order valence-electron chi connectivity index (χ0n) is 15.7. The molecule has 0 radical (unpaired) electrons. The van der Waals surface area contributed by atoms with Crippen LogP contribution in [0.5, 0.6) is 0 Å². The third-order valence-corrected chi connectivity index (χ3v) is 5.41. The monoisotopic (exact) mass is 399 g/mol. The number of anilines is 1. The van der Waals surface area contributed by atoms with Crippen molar-refractivity contribution in [1.29, 1.82) is 0 Å². The van der Waals surface area contributed by atoms with Crippen LogP contribution in [0.4, 0.5) is 10.5 Å². The number of hydrogen-bond donors (Lipinski definition) is 1. The third kappa shape index (κ3) is 4.29. The van der Waals surface area contributed by atoms with Crippen LogP contribution in [0.3, 0.4) is 0 Å². The van der Waals surface area contributed by atoms with Gasteiger partial charge in [0.1, 0.15) is 5.60 Å². The average Bonchev–Trinajstić information content (AvgIpc) is 3.10. The number of amides is 1. The number of benzene rings is 2. The van der Waals surface area contributed by atoms with Crippen molar-refractivity contribution in [2.75, 3.05) is 18.4 Å². The van der Waals surface area contributed by atoms with Crippen LogP contribution in [-0.4, -0.2) is 35.6 Å². The molecular formula is C21H22ClN3O3. The molecule has 0 bridgehead atoms. The Balaban J connectivity index is 1.27. The van der Waals surface area contributed by atoms with Gasteiger partial charge in [-0.25, -0.2) is 4.79 Å². The predicted octanol–water partition coefficient (Wildman–Crippen LogP) is 4.77. The summed E-state index contributed by atoms with van der Waals surface area (Å²) in [6.45, 7) is 3.27. The quantitative estimate of drug-likeness (QED) is 0.807. The highest BCUT2D eigenvalue weighted by Gasteiger charge is 2.43. The van der Waals surface area contributed by atoms with Gasteiger partial charge >= 0.3 is 6.09 Å². The van der Waals surface area contributed by atoms with Crippen molar-refractivity contribution < 1.29 is 14.5 Å². The van der Waals surface area contributed by atoms with Crippen LogP contribution in [-0.2, 0) is 9.68 Å². The Kier molecular flexibility index (Phi) is 5.24. The van der Waals surface area contributed by atoms with E-state index in [1.807, 2.05) is 0 Å². The normalized spacial score (nSPS) is 18.4. The lowest BCUT2D eigenvalue weighted by Crippen LogP contribution is -2.45. The lowest BCUT2D eigenvalue weighted by molar-refractivity contribution is -0.154. The molecule has 0 unspecified atom stereocenters. The molecule has 0 aromatic heterocycles. The van der Waals surface area contributed by atoms with Gasteiger partial charge in [0.2, 0.25) is 0 Å². The molecule has 1 amide bonds. The molecule has 7 heteroatoms. The fraction of sp³-hybridized carbons (Fsp3) is 0.333. The number of carbonyl (C=O) groups is 1. The number of piperidine rings is 1. The van der Waals surface area contributed by atoms with E-state index in [0.717, 1.165) is 30.5 Å². The number of halogens is 1. The molecule has 2 aromatic rings. The number of nitrogens with zero attached hydrogens (tertiary/aromatic N) is 2. The number of hydrogen-bond acceptors (Lipinski definition) is 5. The van der Waals surface area contributed by atoms with Crippen molar-refractivity contribution in [3.63, 3.8) is 0 Å². The Hall–Kier alpha value is -2.57. The minimum Gasteiger partial charge on any atom is -0.388 e. The highest BCUT2D eigenvalue weighted by molar-refractivity contribution is 6.30. The second-order valence-electron chi connectivity index (χ2n) is 7.29. The Labute approximate surface area is 169 Å². The number of hydroxylamine groups is 2. The summed E-state index contributed by atoms with van der Waals surface area (Å²) >= 11 is 5.85. The van der Waals surface area contributed by atoms with Crippen LogP contribution in [0.1, 0.15) is 30.4 Å². The van der Waals surface area contributed by atoms with E-state index in [1.54, 1.807) is 29.3 Å². The van der Waals surface area contributed by atoms with Crippen molar-refractivity contribution in [2.45, 2.75) is 31.8 Å². The van der Waals surface area contributed by atoms with Gasteiger partial charge in [0.05, 0.1) is 5.71 Å².